The summed E-state index contributed by atoms with van der Waals surface area (Å²) in [5.41, 5.74) is 0.798. The molecule has 8 heavy (non-hydrogen) atoms. The van der Waals surface area contributed by atoms with E-state index >= 15 is 0 Å². The van der Waals surface area contributed by atoms with Gasteiger partial charge in [-0.05, 0) is 20.3 Å². The van der Waals surface area contributed by atoms with Gasteiger partial charge in [0.1, 0.15) is 6.61 Å². The maximum Gasteiger partial charge on any atom is 0.114 e. The Morgan fingerprint density at radius 1 is 1.62 bits per heavy atom. The van der Waals surface area contributed by atoms with Crippen LogP contribution < -0.4 is 0 Å². The molecule has 0 atom stereocenters. The SMILES string of the molecule is [CH2]/C(CC)=N\OCC. The first-order chi connectivity index (χ1) is 3.81. The molecule has 0 rings (SSSR count). The molecule has 0 spiro atoms. The third kappa shape index (κ3) is 3.65. The smallest absolute Gasteiger partial charge is 0.114 e. The van der Waals surface area contributed by atoms with Crippen LogP contribution in [-0.2, 0) is 4.84 Å². The molecule has 0 fully saturated rings. The largest absolute Gasteiger partial charge is 0.396 e. The molecule has 0 aliphatic heterocycles. The van der Waals surface area contributed by atoms with Crippen molar-refractivity contribution >= 4 is 5.71 Å². The van der Waals surface area contributed by atoms with Gasteiger partial charge in [-0.3, -0.25) is 0 Å². The zero-order chi connectivity index (χ0) is 6.41. The minimum absolute atomic E-state index is 0.624. The van der Waals surface area contributed by atoms with Crippen molar-refractivity contribution in [2.75, 3.05) is 6.61 Å². The molecule has 0 aromatic rings. The van der Waals surface area contributed by atoms with Crippen molar-refractivity contribution in [1.82, 2.24) is 0 Å². The Labute approximate surface area is 50.5 Å². The van der Waals surface area contributed by atoms with Gasteiger partial charge in [0.15, 0.2) is 0 Å². The highest BCUT2D eigenvalue weighted by Crippen LogP contribution is 1.83. The highest BCUT2D eigenvalue weighted by Gasteiger charge is 1.82. The van der Waals surface area contributed by atoms with Gasteiger partial charge in [0.2, 0.25) is 0 Å². The first-order valence-electron chi connectivity index (χ1n) is 2.82. The molecular weight excluding hydrogens is 102 g/mol. The number of hydrogen-bond acceptors (Lipinski definition) is 2. The van der Waals surface area contributed by atoms with Gasteiger partial charge in [-0.1, -0.05) is 12.1 Å². The molecule has 2 heteroatoms. The fraction of sp³-hybridized carbons (Fsp3) is 0.667. The van der Waals surface area contributed by atoms with E-state index < -0.39 is 0 Å². The van der Waals surface area contributed by atoms with Crippen LogP contribution in [-0.4, -0.2) is 12.3 Å². The van der Waals surface area contributed by atoms with E-state index in [-0.39, 0.29) is 0 Å². The quantitative estimate of drug-likeness (QED) is 0.403. The summed E-state index contributed by atoms with van der Waals surface area (Å²) in [7, 11) is 0. The summed E-state index contributed by atoms with van der Waals surface area (Å²) in [4.78, 5) is 4.71. The van der Waals surface area contributed by atoms with Gasteiger partial charge in [-0.25, -0.2) is 0 Å². The van der Waals surface area contributed by atoms with Crippen LogP contribution in [0.4, 0.5) is 0 Å². The van der Waals surface area contributed by atoms with Crippen LogP contribution >= 0.6 is 0 Å². The van der Waals surface area contributed by atoms with Crippen LogP contribution in [0.25, 0.3) is 0 Å². The van der Waals surface area contributed by atoms with Crippen LogP contribution in [0.3, 0.4) is 0 Å². The summed E-state index contributed by atoms with van der Waals surface area (Å²) in [5, 5.41) is 3.67. The minimum atomic E-state index is 0.624. The highest BCUT2D eigenvalue weighted by atomic mass is 16.6. The van der Waals surface area contributed by atoms with Crippen molar-refractivity contribution in [3.63, 3.8) is 0 Å². The third-order valence-electron chi connectivity index (χ3n) is 0.731. The number of hydrogen-bond donors (Lipinski definition) is 0. The van der Waals surface area contributed by atoms with Gasteiger partial charge in [-0.15, -0.1) is 0 Å². The molecule has 0 bridgehead atoms. The second kappa shape index (κ2) is 4.62. The average molecular weight is 114 g/mol. The Morgan fingerprint density at radius 3 is 2.62 bits per heavy atom. The maximum atomic E-state index is 4.71. The zero-order valence-electron chi connectivity index (χ0n) is 5.48. The maximum absolute atomic E-state index is 4.71. The molecule has 0 aromatic heterocycles. The van der Waals surface area contributed by atoms with E-state index in [4.69, 9.17) is 4.84 Å². The fourth-order valence-corrected chi connectivity index (χ4v) is 0.220. The molecule has 0 N–H and O–H groups in total. The lowest BCUT2D eigenvalue weighted by molar-refractivity contribution is 0.158. The summed E-state index contributed by atoms with van der Waals surface area (Å²) in [6.45, 7) is 8.13. The van der Waals surface area contributed by atoms with Crippen molar-refractivity contribution < 1.29 is 4.84 Å². The van der Waals surface area contributed by atoms with Crippen LogP contribution in [0.2, 0.25) is 0 Å². The molecule has 0 amide bonds. The third-order valence-corrected chi connectivity index (χ3v) is 0.731. The monoisotopic (exact) mass is 114 g/mol. The molecule has 0 saturated carbocycles. The predicted octanol–water partition coefficient (Wildman–Crippen LogP) is 1.62. The van der Waals surface area contributed by atoms with Crippen molar-refractivity contribution in [3.8, 4) is 0 Å². The summed E-state index contributed by atoms with van der Waals surface area (Å²) in [5.74, 6) is 0. The molecule has 0 unspecified atom stereocenters. The Balaban J connectivity index is 3.26. The van der Waals surface area contributed by atoms with E-state index in [0.29, 0.717) is 6.61 Å². The van der Waals surface area contributed by atoms with E-state index in [0.717, 1.165) is 12.1 Å². The first kappa shape index (κ1) is 7.47. The Hall–Kier alpha value is -0.530. The summed E-state index contributed by atoms with van der Waals surface area (Å²) >= 11 is 0. The lowest BCUT2D eigenvalue weighted by Gasteiger charge is -1.93. The second-order valence-corrected chi connectivity index (χ2v) is 1.43. The fourth-order valence-electron chi connectivity index (χ4n) is 0.220. The van der Waals surface area contributed by atoms with Crippen LogP contribution in [0.15, 0.2) is 5.16 Å². The normalized spacial score (nSPS) is 11.6. The Morgan fingerprint density at radius 2 is 2.25 bits per heavy atom. The van der Waals surface area contributed by atoms with Gasteiger partial charge in [0.05, 0.1) is 5.71 Å². The topological polar surface area (TPSA) is 21.6 Å². The summed E-state index contributed by atoms with van der Waals surface area (Å²) in [6.07, 6.45) is 0.861. The van der Waals surface area contributed by atoms with E-state index in [9.17, 15) is 0 Å². The standard InChI is InChI=1S/C6H12NO/c1-4-6(3)7-8-5-2/h3-5H2,1-2H3/b7-6+. The second-order valence-electron chi connectivity index (χ2n) is 1.43. The number of rotatable bonds is 3. The van der Waals surface area contributed by atoms with E-state index in [1.165, 1.54) is 0 Å². The van der Waals surface area contributed by atoms with Gasteiger partial charge >= 0.3 is 0 Å². The van der Waals surface area contributed by atoms with E-state index in [1.807, 2.05) is 13.8 Å². The van der Waals surface area contributed by atoms with Crippen molar-refractivity contribution in [2.24, 2.45) is 5.16 Å². The van der Waals surface area contributed by atoms with Crippen molar-refractivity contribution in [3.05, 3.63) is 6.92 Å². The first-order valence-corrected chi connectivity index (χ1v) is 2.82. The number of nitrogens with zero attached hydrogens (tertiary/aromatic N) is 1. The molecule has 0 heterocycles. The van der Waals surface area contributed by atoms with Gasteiger partial charge in [-0.2, -0.15) is 0 Å². The molecule has 0 saturated heterocycles. The van der Waals surface area contributed by atoms with Crippen molar-refractivity contribution in [1.29, 1.82) is 0 Å². The number of oxime groups is 1. The predicted molar refractivity (Wildman–Crippen MR) is 34.7 cm³/mol. The minimum Gasteiger partial charge on any atom is -0.396 e. The zero-order valence-corrected chi connectivity index (χ0v) is 5.48. The average Bonchev–Trinajstić information content (AvgIpc) is 1.83. The molecular formula is C6H12NO. The Bertz CT molecular complexity index is 78.6. The van der Waals surface area contributed by atoms with E-state index in [1.54, 1.807) is 0 Å². The van der Waals surface area contributed by atoms with Gasteiger partial charge in [0, 0.05) is 0 Å². The summed E-state index contributed by atoms with van der Waals surface area (Å²) in [6, 6.07) is 0. The molecule has 47 valence electrons. The lowest BCUT2D eigenvalue weighted by atomic mass is 10.3. The molecule has 0 aliphatic carbocycles. The summed E-state index contributed by atoms with van der Waals surface area (Å²) < 4.78 is 0. The molecule has 0 aromatic carbocycles. The lowest BCUT2D eigenvalue weighted by Crippen LogP contribution is -1.89. The van der Waals surface area contributed by atoms with Gasteiger partial charge in [0.25, 0.3) is 0 Å². The van der Waals surface area contributed by atoms with Crippen LogP contribution in [0.1, 0.15) is 20.3 Å². The Kier molecular flexibility index (Phi) is 4.32. The highest BCUT2D eigenvalue weighted by molar-refractivity contribution is 5.87. The molecule has 2 nitrogen and oxygen atoms in total. The molecule has 1 radical (unpaired) electrons. The van der Waals surface area contributed by atoms with Crippen molar-refractivity contribution in [2.45, 2.75) is 20.3 Å². The van der Waals surface area contributed by atoms with Crippen LogP contribution in [0, 0.1) is 6.92 Å². The van der Waals surface area contributed by atoms with Crippen LogP contribution in [0.5, 0.6) is 0 Å². The van der Waals surface area contributed by atoms with E-state index in [2.05, 4.69) is 12.1 Å². The van der Waals surface area contributed by atoms with Gasteiger partial charge < -0.3 is 4.84 Å². The molecule has 0 aliphatic rings.